The van der Waals surface area contributed by atoms with E-state index in [1.54, 1.807) is 0 Å². The van der Waals surface area contributed by atoms with Gasteiger partial charge in [0.25, 0.3) is 0 Å². The summed E-state index contributed by atoms with van der Waals surface area (Å²) >= 11 is 0. The van der Waals surface area contributed by atoms with Crippen LogP contribution in [0.1, 0.15) is 37.7 Å². The summed E-state index contributed by atoms with van der Waals surface area (Å²) in [6.07, 6.45) is 5.43. The number of piperidine rings is 1. The van der Waals surface area contributed by atoms with Gasteiger partial charge in [-0.05, 0) is 69.4 Å². The van der Waals surface area contributed by atoms with Crippen LogP contribution < -0.4 is 15.5 Å². The number of hydrogen-bond donors (Lipinski definition) is 2. The maximum atomic E-state index is 11.8. The van der Waals surface area contributed by atoms with E-state index < -0.39 is 0 Å². The summed E-state index contributed by atoms with van der Waals surface area (Å²) in [5.41, 5.74) is 2.19. The van der Waals surface area contributed by atoms with Crippen LogP contribution in [-0.2, 0) is 11.3 Å². The molecule has 6 nitrogen and oxygen atoms in total. The minimum Gasteiger partial charge on any atom is -0.356 e. The smallest absolute Gasteiger partial charge is 0.227 e. The van der Waals surface area contributed by atoms with Crippen LogP contribution in [0.15, 0.2) is 29.3 Å². The Morgan fingerprint density at radius 2 is 1.86 bits per heavy atom. The highest BCUT2D eigenvalue weighted by Crippen LogP contribution is 2.21. The SMILES string of the molecule is CN=C(NCCC1CCN(C)CC1)NCc1ccc(N2CCCC2=O)cc1.I. The number of halogens is 1. The Labute approximate surface area is 186 Å². The van der Waals surface area contributed by atoms with Crippen molar-refractivity contribution in [2.75, 3.05) is 45.2 Å². The van der Waals surface area contributed by atoms with Gasteiger partial charge in [-0.25, -0.2) is 0 Å². The Kier molecular flexibility index (Phi) is 9.50. The van der Waals surface area contributed by atoms with Crippen molar-refractivity contribution in [2.45, 2.75) is 38.6 Å². The Morgan fingerprint density at radius 3 is 2.46 bits per heavy atom. The molecule has 2 aliphatic rings. The molecular weight excluding hydrogens is 465 g/mol. The molecule has 2 aliphatic heterocycles. The summed E-state index contributed by atoms with van der Waals surface area (Å²) in [5, 5.41) is 6.81. The van der Waals surface area contributed by atoms with Crippen LogP contribution in [0, 0.1) is 5.92 Å². The molecule has 28 heavy (non-hydrogen) atoms. The number of likely N-dealkylation sites (tertiary alicyclic amines) is 1. The largest absolute Gasteiger partial charge is 0.356 e. The summed E-state index contributed by atoms with van der Waals surface area (Å²) < 4.78 is 0. The first-order valence-corrected chi connectivity index (χ1v) is 10.2. The zero-order valence-electron chi connectivity index (χ0n) is 17.1. The van der Waals surface area contributed by atoms with Crippen molar-refractivity contribution in [3.63, 3.8) is 0 Å². The average molecular weight is 499 g/mol. The number of carbonyl (C=O) groups excluding carboxylic acids is 1. The highest BCUT2D eigenvalue weighted by molar-refractivity contribution is 14.0. The number of aliphatic imine (C=N–C) groups is 1. The molecule has 1 aromatic carbocycles. The number of amides is 1. The second-order valence-electron chi connectivity index (χ2n) is 7.70. The van der Waals surface area contributed by atoms with Crippen LogP contribution in [0.25, 0.3) is 0 Å². The second-order valence-corrected chi connectivity index (χ2v) is 7.70. The first kappa shape index (κ1) is 22.9. The summed E-state index contributed by atoms with van der Waals surface area (Å²) in [6, 6.07) is 8.24. The molecule has 1 amide bonds. The molecule has 156 valence electrons. The van der Waals surface area contributed by atoms with Gasteiger partial charge in [0.05, 0.1) is 0 Å². The quantitative estimate of drug-likeness (QED) is 0.359. The lowest BCUT2D eigenvalue weighted by atomic mass is 9.94. The zero-order chi connectivity index (χ0) is 19.1. The molecule has 0 bridgehead atoms. The van der Waals surface area contributed by atoms with E-state index in [1.165, 1.54) is 37.9 Å². The third-order valence-corrected chi connectivity index (χ3v) is 5.69. The van der Waals surface area contributed by atoms with Crippen LogP contribution in [0.5, 0.6) is 0 Å². The summed E-state index contributed by atoms with van der Waals surface area (Å²) in [6.45, 7) is 4.96. The van der Waals surface area contributed by atoms with Crippen molar-refractivity contribution >= 4 is 41.5 Å². The van der Waals surface area contributed by atoms with Gasteiger partial charge in [0.1, 0.15) is 0 Å². The van der Waals surface area contributed by atoms with Gasteiger partial charge in [0, 0.05) is 38.8 Å². The average Bonchev–Trinajstić information content (AvgIpc) is 3.12. The normalized spacial score (nSPS) is 18.9. The lowest BCUT2D eigenvalue weighted by molar-refractivity contribution is -0.117. The van der Waals surface area contributed by atoms with Crippen molar-refractivity contribution in [3.05, 3.63) is 29.8 Å². The first-order chi connectivity index (χ1) is 13.2. The van der Waals surface area contributed by atoms with Gasteiger partial charge < -0.3 is 20.4 Å². The lowest BCUT2D eigenvalue weighted by Crippen LogP contribution is -2.38. The second kappa shape index (κ2) is 11.6. The maximum absolute atomic E-state index is 11.8. The fraction of sp³-hybridized carbons (Fsp3) is 0.619. The molecular formula is C21H34IN5O. The van der Waals surface area contributed by atoms with E-state index in [0.717, 1.165) is 43.6 Å². The molecule has 0 unspecified atom stereocenters. The van der Waals surface area contributed by atoms with Crippen molar-refractivity contribution in [3.8, 4) is 0 Å². The fourth-order valence-electron chi connectivity index (χ4n) is 3.87. The van der Waals surface area contributed by atoms with Gasteiger partial charge in [-0.1, -0.05) is 12.1 Å². The Morgan fingerprint density at radius 1 is 1.14 bits per heavy atom. The Hall–Kier alpha value is -1.35. The minimum atomic E-state index is 0. The molecule has 2 saturated heterocycles. The van der Waals surface area contributed by atoms with E-state index in [2.05, 4.69) is 39.7 Å². The number of nitrogens with one attached hydrogen (secondary N) is 2. The minimum absolute atomic E-state index is 0. The molecule has 2 heterocycles. The van der Waals surface area contributed by atoms with Gasteiger partial charge in [-0.15, -0.1) is 24.0 Å². The summed E-state index contributed by atoms with van der Waals surface area (Å²) in [7, 11) is 4.02. The van der Waals surface area contributed by atoms with Gasteiger partial charge in [-0.3, -0.25) is 9.79 Å². The number of guanidine groups is 1. The molecule has 0 radical (unpaired) electrons. The number of hydrogen-bond acceptors (Lipinski definition) is 3. The molecule has 2 N–H and O–H groups in total. The van der Waals surface area contributed by atoms with Crippen LogP contribution >= 0.6 is 24.0 Å². The lowest BCUT2D eigenvalue weighted by Gasteiger charge is -2.29. The van der Waals surface area contributed by atoms with Gasteiger partial charge in [-0.2, -0.15) is 0 Å². The Balaban J connectivity index is 0.00000280. The summed E-state index contributed by atoms with van der Waals surface area (Å²) in [4.78, 5) is 20.4. The fourth-order valence-corrected chi connectivity index (χ4v) is 3.87. The molecule has 7 heteroatoms. The van der Waals surface area contributed by atoms with Crippen LogP contribution in [0.2, 0.25) is 0 Å². The van der Waals surface area contributed by atoms with Crippen LogP contribution in [0.3, 0.4) is 0 Å². The van der Waals surface area contributed by atoms with E-state index in [9.17, 15) is 4.79 Å². The summed E-state index contributed by atoms with van der Waals surface area (Å²) in [5.74, 6) is 1.91. The molecule has 0 saturated carbocycles. The topological polar surface area (TPSA) is 60.0 Å². The van der Waals surface area contributed by atoms with Crippen molar-refractivity contribution in [2.24, 2.45) is 10.9 Å². The maximum Gasteiger partial charge on any atom is 0.227 e. The molecule has 1 aromatic rings. The number of anilines is 1. The van der Waals surface area contributed by atoms with Crippen molar-refractivity contribution < 1.29 is 4.79 Å². The molecule has 0 spiro atoms. The third-order valence-electron chi connectivity index (χ3n) is 5.69. The predicted octanol–water partition coefficient (Wildman–Crippen LogP) is 2.83. The standard InChI is InChI=1S/C21H33N5O.HI/c1-22-21(23-12-9-17-10-14-25(2)15-11-17)24-16-18-5-7-19(8-6-18)26-13-3-4-20(26)27;/h5-8,17H,3-4,9-16H2,1-2H3,(H2,22,23,24);1H. The van der Waals surface area contributed by atoms with Crippen molar-refractivity contribution in [1.82, 2.24) is 15.5 Å². The number of nitrogens with zero attached hydrogens (tertiary/aromatic N) is 3. The highest BCUT2D eigenvalue weighted by Gasteiger charge is 2.21. The van der Waals surface area contributed by atoms with E-state index in [4.69, 9.17) is 0 Å². The molecule has 2 fully saturated rings. The molecule has 0 atom stereocenters. The third kappa shape index (κ3) is 6.62. The molecule has 0 aromatic heterocycles. The van der Waals surface area contributed by atoms with Gasteiger partial charge >= 0.3 is 0 Å². The van der Waals surface area contributed by atoms with E-state index in [0.29, 0.717) is 6.42 Å². The monoisotopic (exact) mass is 499 g/mol. The number of carbonyl (C=O) groups is 1. The predicted molar refractivity (Wildman–Crippen MR) is 126 cm³/mol. The first-order valence-electron chi connectivity index (χ1n) is 10.2. The Bertz CT molecular complexity index is 641. The van der Waals surface area contributed by atoms with Crippen molar-refractivity contribution in [1.29, 1.82) is 0 Å². The van der Waals surface area contributed by atoms with Crippen LogP contribution in [0.4, 0.5) is 5.69 Å². The van der Waals surface area contributed by atoms with Crippen LogP contribution in [-0.4, -0.2) is 57.0 Å². The van der Waals surface area contributed by atoms with E-state index >= 15 is 0 Å². The van der Waals surface area contributed by atoms with Gasteiger partial charge in [0.15, 0.2) is 5.96 Å². The molecule has 0 aliphatic carbocycles. The highest BCUT2D eigenvalue weighted by atomic mass is 127. The van der Waals surface area contributed by atoms with Gasteiger partial charge in [0.2, 0.25) is 5.91 Å². The number of benzene rings is 1. The zero-order valence-corrected chi connectivity index (χ0v) is 19.4. The van der Waals surface area contributed by atoms with E-state index in [1.807, 2.05) is 24.1 Å². The van der Waals surface area contributed by atoms with E-state index in [-0.39, 0.29) is 29.9 Å². The number of rotatable bonds is 6. The molecule has 3 rings (SSSR count).